The van der Waals surface area contributed by atoms with Gasteiger partial charge in [-0.15, -0.1) is 0 Å². The molecule has 0 fully saturated rings. The second-order valence-corrected chi connectivity index (χ2v) is 1.91. The van der Waals surface area contributed by atoms with Gasteiger partial charge >= 0.3 is 0 Å². The SMILES string of the molecule is C/C(=N\N)N(C)/C(C)=N/N. The molecule has 0 spiro atoms. The van der Waals surface area contributed by atoms with Crippen LogP contribution in [-0.2, 0) is 0 Å². The van der Waals surface area contributed by atoms with E-state index < -0.39 is 0 Å². The van der Waals surface area contributed by atoms with Gasteiger partial charge in [-0.05, 0) is 13.8 Å². The Morgan fingerprint density at radius 1 is 1.10 bits per heavy atom. The molecule has 0 rings (SSSR count). The van der Waals surface area contributed by atoms with E-state index in [0.29, 0.717) is 11.7 Å². The van der Waals surface area contributed by atoms with E-state index in [-0.39, 0.29) is 0 Å². The summed E-state index contributed by atoms with van der Waals surface area (Å²) in [6.07, 6.45) is 0. The first kappa shape index (κ1) is 8.74. The van der Waals surface area contributed by atoms with Crippen molar-refractivity contribution in [1.29, 1.82) is 0 Å². The molecule has 5 heteroatoms. The van der Waals surface area contributed by atoms with Crippen molar-refractivity contribution < 1.29 is 0 Å². The van der Waals surface area contributed by atoms with Gasteiger partial charge in [0.2, 0.25) is 0 Å². The minimum Gasteiger partial charge on any atom is -0.322 e. The fourth-order valence-electron chi connectivity index (χ4n) is 0.407. The highest BCUT2D eigenvalue weighted by Gasteiger charge is 2.01. The van der Waals surface area contributed by atoms with Crippen LogP contribution in [0.1, 0.15) is 13.8 Å². The zero-order chi connectivity index (χ0) is 8.15. The first-order valence-electron chi connectivity index (χ1n) is 2.86. The van der Waals surface area contributed by atoms with Gasteiger partial charge in [-0.3, -0.25) is 0 Å². The molecule has 0 bridgehead atoms. The average molecular weight is 143 g/mol. The molecule has 0 aliphatic rings. The van der Waals surface area contributed by atoms with E-state index in [2.05, 4.69) is 10.2 Å². The smallest absolute Gasteiger partial charge is 0.126 e. The van der Waals surface area contributed by atoms with Crippen LogP contribution in [0.15, 0.2) is 10.2 Å². The summed E-state index contributed by atoms with van der Waals surface area (Å²) in [5.41, 5.74) is 0. The maximum absolute atomic E-state index is 5.02. The summed E-state index contributed by atoms with van der Waals surface area (Å²) in [6, 6.07) is 0. The Kier molecular flexibility index (Phi) is 3.24. The molecule has 0 aromatic heterocycles. The van der Waals surface area contributed by atoms with Crippen LogP contribution < -0.4 is 11.7 Å². The fourth-order valence-corrected chi connectivity index (χ4v) is 0.407. The maximum atomic E-state index is 5.02. The highest BCUT2D eigenvalue weighted by atomic mass is 15.3. The van der Waals surface area contributed by atoms with Gasteiger partial charge < -0.3 is 16.6 Å². The van der Waals surface area contributed by atoms with Gasteiger partial charge in [0.25, 0.3) is 0 Å². The number of hydrogen-bond acceptors (Lipinski definition) is 4. The lowest BCUT2D eigenvalue weighted by atomic mass is 10.5. The average Bonchev–Trinajstić information content (AvgIpc) is 2.00. The van der Waals surface area contributed by atoms with Crippen molar-refractivity contribution in [2.24, 2.45) is 21.9 Å². The van der Waals surface area contributed by atoms with Crippen molar-refractivity contribution in [3.8, 4) is 0 Å². The second kappa shape index (κ2) is 3.71. The van der Waals surface area contributed by atoms with Crippen molar-refractivity contribution in [2.75, 3.05) is 7.05 Å². The molecule has 58 valence electrons. The molecule has 0 atom stereocenters. The Morgan fingerprint density at radius 2 is 1.40 bits per heavy atom. The number of hydrazone groups is 2. The molecular weight excluding hydrogens is 130 g/mol. The van der Waals surface area contributed by atoms with Crippen molar-refractivity contribution in [2.45, 2.75) is 13.8 Å². The molecule has 0 heterocycles. The monoisotopic (exact) mass is 143 g/mol. The normalized spacial score (nSPS) is 13.5. The third kappa shape index (κ3) is 1.93. The predicted octanol–water partition coefficient (Wildman–Crippen LogP) is -0.498. The highest BCUT2D eigenvalue weighted by Crippen LogP contribution is 1.87. The summed E-state index contributed by atoms with van der Waals surface area (Å²) >= 11 is 0. The van der Waals surface area contributed by atoms with Gasteiger partial charge in [0, 0.05) is 7.05 Å². The summed E-state index contributed by atoms with van der Waals surface area (Å²) < 4.78 is 0. The molecule has 0 saturated carbocycles. The van der Waals surface area contributed by atoms with E-state index in [1.54, 1.807) is 25.8 Å². The summed E-state index contributed by atoms with van der Waals surface area (Å²) in [5, 5.41) is 6.93. The van der Waals surface area contributed by atoms with Gasteiger partial charge in [0.05, 0.1) is 0 Å². The quantitative estimate of drug-likeness (QED) is 0.208. The van der Waals surface area contributed by atoms with E-state index in [1.165, 1.54) is 0 Å². The van der Waals surface area contributed by atoms with Crippen molar-refractivity contribution in [3.05, 3.63) is 0 Å². The number of hydrogen-bond donors (Lipinski definition) is 2. The van der Waals surface area contributed by atoms with E-state index >= 15 is 0 Å². The minimum absolute atomic E-state index is 0.673. The molecule has 10 heavy (non-hydrogen) atoms. The molecule has 0 aromatic rings. The Bertz CT molecular complexity index is 141. The molecule has 0 saturated heterocycles. The van der Waals surface area contributed by atoms with Crippen LogP contribution in [-0.4, -0.2) is 23.6 Å². The third-order valence-corrected chi connectivity index (χ3v) is 1.34. The van der Waals surface area contributed by atoms with Gasteiger partial charge in [-0.25, -0.2) is 0 Å². The number of rotatable bonds is 0. The minimum atomic E-state index is 0.673. The molecule has 5 nitrogen and oxygen atoms in total. The lowest BCUT2D eigenvalue weighted by Gasteiger charge is -2.15. The van der Waals surface area contributed by atoms with Crippen LogP contribution >= 0.6 is 0 Å². The van der Waals surface area contributed by atoms with Crippen LogP contribution in [0.3, 0.4) is 0 Å². The van der Waals surface area contributed by atoms with E-state index in [4.69, 9.17) is 11.7 Å². The maximum Gasteiger partial charge on any atom is 0.126 e. The molecule has 0 aliphatic carbocycles. The molecule has 0 aromatic carbocycles. The fraction of sp³-hybridized carbons (Fsp3) is 0.600. The van der Waals surface area contributed by atoms with Crippen LogP contribution in [0.4, 0.5) is 0 Å². The third-order valence-electron chi connectivity index (χ3n) is 1.34. The van der Waals surface area contributed by atoms with Crippen LogP contribution in [0.25, 0.3) is 0 Å². The Morgan fingerprint density at radius 3 is 1.60 bits per heavy atom. The van der Waals surface area contributed by atoms with E-state index in [9.17, 15) is 0 Å². The van der Waals surface area contributed by atoms with Gasteiger partial charge in [0.15, 0.2) is 0 Å². The summed E-state index contributed by atoms with van der Waals surface area (Å²) in [5.74, 6) is 11.4. The standard InChI is InChI=1S/C5H13N5/c1-4(8-6)10(3)5(2)9-7/h6-7H2,1-3H3/b8-4+,9-5+. The Hall–Kier alpha value is -1.26. The molecule has 0 radical (unpaired) electrons. The van der Waals surface area contributed by atoms with Crippen molar-refractivity contribution >= 4 is 11.7 Å². The molecule has 4 N–H and O–H groups in total. The largest absolute Gasteiger partial charge is 0.322 e. The van der Waals surface area contributed by atoms with Crippen LogP contribution in [0, 0.1) is 0 Å². The summed E-state index contributed by atoms with van der Waals surface area (Å²) in [7, 11) is 1.79. The molecule has 0 amide bonds. The molecule has 0 unspecified atom stereocenters. The molecule has 0 aliphatic heterocycles. The van der Waals surface area contributed by atoms with E-state index in [0.717, 1.165) is 0 Å². The van der Waals surface area contributed by atoms with Crippen molar-refractivity contribution in [3.63, 3.8) is 0 Å². The number of nitrogens with zero attached hydrogens (tertiary/aromatic N) is 3. The lowest BCUT2D eigenvalue weighted by molar-refractivity contribution is 0.729. The highest BCUT2D eigenvalue weighted by molar-refractivity contribution is 5.97. The zero-order valence-electron chi connectivity index (χ0n) is 6.50. The van der Waals surface area contributed by atoms with Crippen LogP contribution in [0.2, 0.25) is 0 Å². The number of nitrogens with two attached hydrogens (primary N) is 2. The van der Waals surface area contributed by atoms with Crippen molar-refractivity contribution in [1.82, 2.24) is 4.90 Å². The van der Waals surface area contributed by atoms with Gasteiger partial charge in [-0.2, -0.15) is 10.2 Å². The molecular formula is C5H13N5. The summed E-state index contributed by atoms with van der Waals surface area (Å²) in [4.78, 5) is 1.69. The topological polar surface area (TPSA) is 80.0 Å². The van der Waals surface area contributed by atoms with E-state index in [1.807, 2.05) is 0 Å². The lowest BCUT2D eigenvalue weighted by Crippen LogP contribution is -2.30. The van der Waals surface area contributed by atoms with Gasteiger partial charge in [-0.1, -0.05) is 0 Å². The first-order chi connectivity index (χ1) is 4.63. The summed E-state index contributed by atoms with van der Waals surface area (Å²) in [6.45, 7) is 3.54. The number of amidine groups is 2. The zero-order valence-corrected chi connectivity index (χ0v) is 6.50. The van der Waals surface area contributed by atoms with Gasteiger partial charge in [0.1, 0.15) is 11.7 Å². The predicted molar refractivity (Wildman–Crippen MR) is 42.4 cm³/mol. The Labute approximate surface area is 60.4 Å². The Balaban J connectivity index is 4.22. The van der Waals surface area contributed by atoms with Crippen LogP contribution in [0.5, 0.6) is 0 Å². The first-order valence-corrected chi connectivity index (χ1v) is 2.86. The second-order valence-electron chi connectivity index (χ2n) is 1.91.